The van der Waals surface area contributed by atoms with E-state index >= 15 is 0 Å². The Balaban J connectivity index is 1.75. The standard InChI is InChI=1S/C24H31N5O4/c1-16(2)25-24(32)26-19-7-5-6-17(14-19)22(30)27-20-15-18(8-9-21(20)33-4)23(31)29-12-10-28(3)11-13-29/h5-9,14-16H,10-13H2,1-4H3,(H,27,30)(H2,25,26,32). The molecule has 0 aromatic heterocycles. The SMILES string of the molecule is COc1ccc(C(=O)N2CCN(C)CC2)cc1NC(=O)c1cccc(NC(=O)NC(C)C)c1. The minimum atomic E-state index is -0.384. The molecule has 0 bridgehead atoms. The number of hydrogen-bond acceptors (Lipinski definition) is 5. The molecule has 0 atom stereocenters. The summed E-state index contributed by atoms with van der Waals surface area (Å²) in [6.45, 7) is 6.69. The highest BCUT2D eigenvalue weighted by molar-refractivity contribution is 6.07. The molecule has 1 aliphatic heterocycles. The first kappa shape index (κ1) is 24.1. The molecule has 0 unspecified atom stereocenters. The Hall–Kier alpha value is -3.59. The number of piperazine rings is 1. The summed E-state index contributed by atoms with van der Waals surface area (Å²) in [6, 6.07) is 11.3. The van der Waals surface area contributed by atoms with Crippen molar-refractivity contribution in [3.63, 3.8) is 0 Å². The van der Waals surface area contributed by atoms with Gasteiger partial charge in [0.15, 0.2) is 0 Å². The predicted molar refractivity (Wildman–Crippen MR) is 128 cm³/mol. The number of nitrogens with zero attached hydrogens (tertiary/aromatic N) is 2. The summed E-state index contributed by atoms with van der Waals surface area (Å²) >= 11 is 0. The maximum atomic E-state index is 12.9. The van der Waals surface area contributed by atoms with Gasteiger partial charge in [0.05, 0.1) is 12.8 Å². The fourth-order valence-corrected chi connectivity index (χ4v) is 3.49. The van der Waals surface area contributed by atoms with E-state index in [0.717, 1.165) is 13.1 Å². The first-order valence-electron chi connectivity index (χ1n) is 10.9. The van der Waals surface area contributed by atoms with Crippen molar-refractivity contribution >= 4 is 29.2 Å². The van der Waals surface area contributed by atoms with Crippen molar-refractivity contribution in [2.24, 2.45) is 0 Å². The summed E-state index contributed by atoms with van der Waals surface area (Å²) in [7, 11) is 3.54. The van der Waals surface area contributed by atoms with Gasteiger partial charge in [0, 0.05) is 49.0 Å². The number of carbonyl (C=O) groups is 3. The van der Waals surface area contributed by atoms with E-state index in [-0.39, 0.29) is 23.9 Å². The second-order valence-electron chi connectivity index (χ2n) is 8.30. The molecule has 3 rings (SSSR count). The largest absolute Gasteiger partial charge is 0.495 e. The van der Waals surface area contributed by atoms with Crippen LogP contribution in [-0.2, 0) is 0 Å². The average molecular weight is 454 g/mol. The number of methoxy groups -OCH3 is 1. The fourth-order valence-electron chi connectivity index (χ4n) is 3.49. The van der Waals surface area contributed by atoms with Crippen LogP contribution in [0.3, 0.4) is 0 Å². The molecule has 176 valence electrons. The zero-order chi connectivity index (χ0) is 24.0. The van der Waals surface area contributed by atoms with Crippen molar-refractivity contribution in [2.45, 2.75) is 19.9 Å². The van der Waals surface area contributed by atoms with Crippen LogP contribution in [-0.4, -0.2) is 74.0 Å². The molecular weight excluding hydrogens is 422 g/mol. The number of likely N-dealkylation sites (N-methyl/N-ethyl adjacent to an activating group) is 1. The fraction of sp³-hybridized carbons (Fsp3) is 0.375. The van der Waals surface area contributed by atoms with Crippen LogP contribution in [0.4, 0.5) is 16.2 Å². The van der Waals surface area contributed by atoms with Crippen molar-refractivity contribution in [2.75, 3.05) is 51.0 Å². The topological polar surface area (TPSA) is 103 Å². The van der Waals surface area contributed by atoms with E-state index in [0.29, 0.717) is 41.3 Å². The number of ether oxygens (including phenoxy) is 1. The molecule has 4 amide bonds. The molecule has 33 heavy (non-hydrogen) atoms. The molecule has 0 saturated carbocycles. The third kappa shape index (κ3) is 6.45. The van der Waals surface area contributed by atoms with E-state index in [1.807, 2.05) is 25.8 Å². The molecule has 9 heteroatoms. The molecule has 9 nitrogen and oxygen atoms in total. The molecule has 1 saturated heterocycles. The lowest BCUT2D eigenvalue weighted by atomic mass is 10.1. The number of nitrogens with one attached hydrogen (secondary N) is 3. The Morgan fingerprint density at radius 1 is 0.939 bits per heavy atom. The quantitative estimate of drug-likeness (QED) is 0.624. The van der Waals surface area contributed by atoms with E-state index in [1.54, 1.807) is 42.5 Å². The molecule has 1 aliphatic rings. The summed E-state index contributed by atoms with van der Waals surface area (Å²) in [4.78, 5) is 41.8. The lowest BCUT2D eigenvalue weighted by Gasteiger charge is -2.32. The van der Waals surface area contributed by atoms with Crippen LogP contribution in [0.2, 0.25) is 0 Å². The number of hydrogen-bond donors (Lipinski definition) is 3. The highest BCUT2D eigenvalue weighted by atomic mass is 16.5. The van der Waals surface area contributed by atoms with Crippen molar-refractivity contribution in [3.8, 4) is 5.75 Å². The monoisotopic (exact) mass is 453 g/mol. The van der Waals surface area contributed by atoms with Crippen LogP contribution in [0, 0.1) is 0 Å². The van der Waals surface area contributed by atoms with Crippen LogP contribution in [0.5, 0.6) is 5.75 Å². The van der Waals surface area contributed by atoms with E-state index in [9.17, 15) is 14.4 Å². The lowest BCUT2D eigenvalue weighted by molar-refractivity contribution is 0.0664. The first-order chi connectivity index (χ1) is 15.8. The lowest BCUT2D eigenvalue weighted by Crippen LogP contribution is -2.47. The summed E-state index contributed by atoms with van der Waals surface area (Å²) in [6.07, 6.45) is 0. The first-order valence-corrected chi connectivity index (χ1v) is 10.9. The molecule has 3 N–H and O–H groups in total. The highest BCUT2D eigenvalue weighted by Gasteiger charge is 2.22. The number of benzene rings is 2. The second kappa shape index (κ2) is 10.8. The molecule has 0 radical (unpaired) electrons. The maximum Gasteiger partial charge on any atom is 0.319 e. The molecule has 1 heterocycles. The van der Waals surface area contributed by atoms with Gasteiger partial charge in [-0.3, -0.25) is 9.59 Å². The molecule has 2 aromatic carbocycles. The number of rotatable bonds is 6. The Morgan fingerprint density at radius 3 is 2.33 bits per heavy atom. The number of anilines is 2. The van der Waals surface area contributed by atoms with Crippen LogP contribution in [0.15, 0.2) is 42.5 Å². The highest BCUT2D eigenvalue weighted by Crippen LogP contribution is 2.27. The third-order valence-corrected chi connectivity index (χ3v) is 5.29. The van der Waals surface area contributed by atoms with Crippen molar-refractivity contribution in [3.05, 3.63) is 53.6 Å². The zero-order valence-electron chi connectivity index (χ0n) is 19.5. The number of amides is 4. The number of carbonyl (C=O) groups excluding carboxylic acids is 3. The molecule has 2 aromatic rings. The minimum Gasteiger partial charge on any atom is -0.495 e. The number of urea groups is 1. The van der Waals surface area contributed by atoms with Gasteiger partial charge in [0.2, 0.25) is 0 Å². The van der Waals surface area contributed by atoms with Gasteiger partial charge in [-0.25, -0.2) is 4.79 Å². The Morgan fingerprint density at radius 2 is 1.67 bits per heavy atom. The summed E-state index contributed by atoms with van der Waals surface area (Å²) in [5, 5.41) is 8.27. The van der Waals surface area contributed by atoms with Crippen molar-refractivity contribution < 1.29 is 19.1 Å². The molecule has 0 spiro atoms. The van der Waals surface area contributed by atoms with Gasteiger partial charge in [-0.2, -0.15) is 0 Å². The van der Waals surface area contributed by atoms with E-state index < -0.39 is 0 Å². The Bertz CT molecular complexity index is 1020. The van der Waals surface area contributed by atoms with Gasteiger partial charge in [0.1, 0.15) is 5.75 Å². The van der Waals surface area contributed by atoms with Gasteiger partial charge < -0.3 is 30.5 Å². The van der Waals surface area contributed by atoms with Gasteiger partial charge in [-0.15, -0.1) is 0 Å². The second-order valence-corrected chi connectivity index (χ2v) is 8.30. The minimum absolute atomic E-state index is 0.00946. The van der Waals surface area contributed by atoms with Crippen LogP contribution in [0.25, 0.3) is 0 Å². The summed E-state index contributed by atoms with van der Waals surface area (Å²) < 4.78 is 5.38. The van der Waals surface area contributed by atoms with E-state index in [1.165, 1.54) is 7.11 Å². The maximum absolute atomic E-state index is 12.9. The molecular formula is C24H31N5O4. The smallest absolute Gasteiger partial charge is 0.319 e. The Kier molecular flexibility index (Phi) is 7.89. The van der Waals surface area contributed by atoms with Gasteiger partial charge in [-0.05, 0) is 57.3 Å². The van der Waals surface area contributed by atoms with E-state index in [4.69, 9.17) is 4.74 Å². The molecule has 0 aliphatic carbocycles. The normalized spacial score (nSPS) is 14.0. The van der Waals surface area contributed by atoms with Crippen LogP contribution < -0.4 is 20.7 Å². The predicted octanol–water partition coefficient (Wildman–Crippen LogP) is 2.87. The summed E-state index contributed by atoms with van der Waals surface area (Å²) in [5.41, 5.74) is 1.73. The average Bonchev–Trinajstić information content (AvgIpc) is 2.78. The van der Waals surface area contributed by atoms with E-state index in [2.05, 4.69) is 20.9 Å². The third-order valence-electron chi connectivity index (χ3n) is 5.29. The Labute approximate surface area is 194 Å². The van der Waals surface area contributed by atoms with Crippen LogP contribution >= 0.6 is 0 Å². The van der Waals surface area contributed by atoms with Gasteiger partial charge in [0.25, 0.3) is 11.8 Å². The molecule has 1 fully saturated rings. The van der Waals surface area contributed by atoms with Gasteiger partial charge in [-0.1, -0.05) is 6.07 Å². The summed E-state index contributed by atoms with van der Waals surface area (Å²) in [5.74, 6) is -0.0158. The van der Waals surface area contributed by atoms with Crippen molar-refractivity contribution in [1.82, 2.24) is 15.1 Å². The van der Waals surface area contributed by atoms with Gasteiger partial charge >= 0.3 is 6.03 Å². The van der Waals surface area contributed by atoms with Crippen molar-refractivity contribution in [1.29, 1.82) is 0 Å². The zero-order valence-corrected chi connectivity index (χ0v) is 19.5. The van der Waals surface area contributed by atoms with Crippen LogP contribution in [0.1, 0.15) is 34.6 Å².